The summed E-state index contributed by atoms with van der Waals surface area (Å²) >= 11 is 12.1. The number of imidazole rings is 1. The molecular formula is C19H17Cl2N7. The lowest BCUT2D eigenvalue weighted by atomic mass is 9.96. The molecular weight excluding hydrogens is 397 g/mol. The molecule has 3 aromatic heterocycles. The maximum absolute atomic E-state index is 6.14. The van der Waals surface area contributed by atoms with Crippen LogP contribution in [0.15, 0.2) is 36.9 Å². The predicted octanol–water partition coefficient (Wildman–Crippen LogP) is 4.43. The van der Waals surface area contributed by atoms with Crippen molar-refractivity contribution >= 4 is 40.1 Å². The van der Waals surface area contributed by atoms with Crippen molar-refractivity contribution in [3.63, 3.8) is 0 Å². The van der Waals surface area contributed by atoms with Crippen LogP contribution in [0, 0.1) is 0 Å². The number of anilines is 1. The fraction of sp³-hybridized carbons (Fsp3) is 0.263. The number of hydrogen-bond donors (Lipinski definition) is 2. The summed E-state index contributed by atoms with van der Waals surface area (Å²) in [6.07, 6.45) is 7.22. The van der Waals surface area contributed by atoms with Crippen molar-refractivity contribution in [2.24, 2.45) is 0 Å². The van der Waals surface area contributed by atoms with Crippen molar-refractivity contribution in [2.45, 2.75) is 18.8 Å². The highest BCUT2D eigenvalue weighted by atomic mass is 35.5. The van der Waals surface area contributed by atoms with Gasteiger partial charge in [0.1, 0.15) is 18.0 Å². The number of aromatic nitrogens is 6. The molecule has 4 aromatic rings. The first-order chi connectivity index (χ1) is 13.7. The molecule has 9 heteroatoms. The summed E-state index contributed by atoms with van der Waals surface area (Å²) in [5, 5.41) is 9.02. The molecule has 1 aliphatic heterocycles. The van der Waals surface area contributed by atoms with Crippen LogP contribution in [-0.4, -0.2) is 43.2 Å². The van der Waals surface area contributed by atoms with E-state index < -0.39 is 0 Å². The van der Waals surface area contributed by atoms with Crippen LogP contribution in [0.2, 0.25) is 10.0 Å². The second-order valence-electron chi connectivity index (χ2n) is 6.90. The number of benzene rings is 1. The first-order valence-electron chi connectivity index (χ1n) is 9.08. The van der Waals surface area contributed by atoms with Crippen molar-refractivity contribution in [1.29, 1.82) is 0 Å². The van der Waals surface area contributed by atoms with Crippen molar-refractivity contribution in [3.8, 4) is 11.3 Å². The Balaban J connectivity index is 1.31. The molecule has 0 bridgehead atoms. The number of rotatable bonds is 3. The third kappa shape index (κ3) is 3.10. The highest BCUT2D eigenvalue weighted by Gasteiger charge is 2.25. The molecule has 5 rings (SSSR count). The molecule has 4 heterocycles. The average Bonchev–Trinajstić information content (AvgIpc) is 3.39. The fourth-order valence-electron chi connectivity index (χ4n) is 3.72. The van der Waals surface area contributed by atoms with E-state index in [4.69, 9.17) is 23.2 Å². The van der Waals surface area contributed by atoms with Gasteiger partial charge in [-0.1, -0.05) is 29.3 Å². The maximum atomic E-state index is 6.14. The number of halogens is 2. The summed E-state index contributed by atoms with van der Waals surface area (Å²) in [4.78, 5) is 19.0. The molecule has 0 atom stereocenters. The van der Waals surface area contributed by atoms with Gasteiger partial charge in [0.15, 0.2) is 5.65 Å². The summed E-state index contributed by atoms with van der Waals surface area (Å²) in [7, 11) is 0. The molecule has 0 spiro atoms. The van der Waals surface area contributed by atoms with Gasteiger partial charge in [0.25, 0.3) is 0 Å². The third-order valence-electron chi connectivity index (χ3n) is 5.23. The summed E-state index contributed by atoms with van der Waals surface area (Å²) in [5.41, 5.74) is 2.70. The number of H-pyrrole nitrogens is 2. The van der Waals surface area contributed by atoms with Crippen LogP contribution < -0.4 is 4.90 Å². The monoisotopic (exact) mass is 413 g/mol. The van der Waals surface area contributed by atoms with Crippen LogP contribution in [0.5, 0.6) is 0 Å². The Labute approximate surface area is 171 Å². The summed E-state index contributed by atoms with van der Waals surface area (Å²) in [5.74, 6) is 2.33. The van der Waals surface area contributed by atoms with Crippen molar-refractivity contribution in [3.05, 3.63) is 52.8 Å². The van der Waals surface area contributed by atoms with Gasteiger partial charge in [-0.05, 0) is 25.0 Å². The zero-order valence-corrected chi connectivity index (χ0v) is 16.4. The Morgan fingerprint density at radius 3 is 2.68 bits per heavy atom. The zero-order valence-electron chi connectivity index (χ0n) is 14.9. The van der Waals surface area contributed by atoms with Crippen LogP contribution in [0.4, 0.5) is 5.82 Å². The van der Waals surface area contributed by atoms with Gasteiger partial charge in [0.2, 0.25) is 0 Å². The maximum Gasteiger partial charge on any atom is 0.160 e. The number of nitrogens with zero attached hydrogens (tertiary/aromatic N) is 5. The first kappa shape index (κ1) is 17.5. The zero-order chi connectivity index (χ0) is 19.1. The lowest BCUT2D eigenvalue weighted by molar-refractivity contribution is 0.487. The Bertz CT molecular complexity index is 1130. The quantitative estimate of drug-likeness (QED) is 0.518. The minimum Gasteiger partial charge on any atom is -0.356 e. The van der Waals surface area contributed by atoms with E-state index >= 15 is 0 Å². The predicted molar refractivity (Wildman–Crippen MR) is 110 cm³/mol. The van der Waals surface area contributed by atoms with Gasteiger partial charge in [0.05, 0.1) is 33.5 Å². The number of hydrogen-bond acceptors (Lipinski definition) is 5. The second kappa shape index (κ2) is 7.07. The molecule has 1 fully saturated rings. The highest BCUT2D eigenvalue weighted by molar-refractivity contribution is 6.42. The van der Waals surface area contributed by atoms with Crippen molar-refractivity contribution in [2.75, 3.05) is 18.0 Å². The Morgan fingerprint density at radius 2 is 1.86 bits per heavy atom. The highest BCUT2D eigenvalue weighted by Crippen LogP contribution is 2.32. The lowest BCUT2D eigenvalue weighted by Gasteiger charge is -2.32. The minimum atomic E-state index is 0.384. The van der Waals surface area contributed by atoms with E-state index in [2.05, 4.69) is 35.0 Å². The molecule has 1 saturated heterocycles. The molecule has 0 unspecified atom stereocenters. The SMILES string of the molecule is Clc1ccc(-c2cnc(C3CCN(c4ncnc5[nH]ncc45)CC3)[nH]2)cc1Cl. The first-order valence-corrected chi connectivity index (χ1v) is 9.84. The van der Waals surface area contributed by atoms with E-state index in [1.807, 2.05) is 18.3 Å². The molecule has 28 heavy (non-hydrogen) atoms. The van der Waals surface area contributed by atoms with Crippen LogP contribution >= 0.6 is 23.2 Å². The largest absolute Gasteiger partial charge is 0.356 e. The standard InChI is InChI=1S/C19H17Cl2N7/c20-14-2-1-12(7-15(14)21)16-9-22-17(26-16)11-3-5-28(6-4-11)19-13-8-25-27-18(13)23-10-24-19/h1-2,7-11H,3-6H2,(H,22,26)(H,23,24,25,27). The van der Waals surface area contributed by atoms with Gasteiger partial charge < -0.3 is 9.88 Å². The third-order valence-corrected chi connectivity index (χ3v) is 5.97. The Morgan fingerprint density at radius 1 is 1.00 bits per heavy atom. The molecule has 0 amide bonds. The van der Waals surface area contributed by atoms with Crippen LogP contribution in [0.1, 0.15) is 24.6 Å². The average molecular weight is 414 g/mol. The van der Waals surface area contributed by atoms with E-state index in [1.54, 1.807) is 18.6 Å². The lowest BCUT2D eigenvalue weighted by Crippen LogP contribution is -2.33. The van der Waals surface area contributed by atoms with Crippen LogP contribution in [0.25, 0.3) is 22.3 Å². The molecule has 1 aromatic carbocycles. The molecule has 142 valence electrons. The topological polar surface area (TPSA) is 86.4 Å². The van der Waals surface area contributed by atoms with E-state index in [-0.39, 0.29) is 0 Å². The van der Waals surface area contributed by atoms with Gasteiger partial charge in [-0.25, -0.2) is 15.0 Å². The smallest absolute Gasteiger partial charge is 0.160 e. The van der Waals surface area contributed by atoms with E-state index in [1.165, 1.54) is 0 Å². The molecule has 0 aliphatic carbocycles. The van der Waals surface area contributed by atoms with Gasteiger partial charge in [-0.2, -0.15) is 5.10 Å². The van der Waals surface area contributed by atoms with Gasteiger partial charge in [-0.3, -0.25) is 5.10 Å². The van der Waals surface area contributed by atoms with Crippen molar-refractivity contribution in [1.82, 2.24) is 30.1 Å². The number of fused-ring (bicyclic) bond motifs is 1. The molecule has 0 radical (unpaired) electrons. The second-order valence-corrected chi connectivity index (χ2v) is 7.72. The number of nitrogens with one attached hydrogen (secondary N) is 2. The molecule has 7 nitrogen and oxygen atoms in total. The van der Waals surface area contributed by atoms with Crippen molar-refractivity contribution < 1.29 is 0 Å². The fourth-order valence-corrected chi connectivity index (χ4v) is 4.02. The number of aromatic amines is 2. The number of piperidine rings is 1. The molecule has 2 N–H and O–H groups in total. The summed E-state index contributed by atoms with van der Waals surface area (Å²) in [6, 6.07) is 5.60. The van der Waals surface area contributed by atoms with E-state index in [0.29, 0.717) is 16.0 Å². The molecule has 1 aliphatic rings. The van der Waals surface area contributed by atoms with Gasteiger partial charge >= 0.3 is 0 Å². The van der Waals surface area contributed by atoms with E-state index in [0.717, 1.165) is 59.9 Å². The normalized spacial score (nSPS) is 15.4. The van der Waals surface area contributed by atoms with E-state index in [9.17, 15) is 0 Å². The minimum absolute atomic E-state index is 0.384. The summed E-state index contributed by atoms with van der Waals surface area (Å²) < 4.78 is 0. The van der Waals surface area contributed by atoms with Crippen LogP contribution in [0.3, 0.4) is 0 Å². The van der Waals surface area contributed by atoms with Crippen LogP contribution in [-0.2, 0) is 0 Å². The molecule has 0 saturated carbocycles. The van der Waals surface area contributed by atoms with Gasteiger partial charge in [-0.15, -0.1) is 0 Å². The Hall–Kier alpha value is -2.64. The summed E-state index contributed by atoms with van der Waals surface area (Å²) in [6.45, 7) is 1.82. The van der Waals surface area contributed by atoms with Gasteiger partial charge in [0, 0.05) is 24.6 Å². The Kier molecular flexibility index (Phi) is 4.41.